The first-order chi connectivity index (χ1) is 12.0. The molecule has 0 aliphatic heterocycles. The molecule has 0 radical (unpaired) electrons. The molecule has 0 saturated carbocycles. The maximum Gasteiger partial charge on any atom is 0.256 e. The molecule has 25 heavy (non-hydrogen) atoms. The van der Waals surface area contributed by atoms with E-state index >= 15 is 0 Å². The molecule has 3 aromatic rings. The molecule has 0 saturated heterocycles. The molecule has 0 aliphatic carbocycles. The van der Waals surface area contributed by atoms with Crippen molar-refractivity contribution >= 4 is 22.2 Å². The molecule has 130 valence electrons. The molecule has 0 aliphatic rings. The molecule has 6 nitrogen and oxygen atoms in total. The summed E-state index contributed by atoms with van der Waals surface area (Å²) in [4.78, 5) is 12.3. The van der Waals surface area contributed by atoms with Crippen molar-refractivity contribution in [3.8, 4) is 11.3 Å². The number of amides is 1. The fourth-order valence-corrected chi connectivity index (χ4v) is 3.38. The molecule has 3 N–H and O–H groups in total. The second kappa shape index (κ2) is 7.14. The minimum absolute atomic E-state index is 0.142. The Hall–Kier alpha value is -2.55. The van der Waals surface area contributed by atoms with Crippen molar-refractivity contribution in [1.29, 1.82) is 0 Å². The first-order valence-electron chi connectivity index (χ1n) is 7.58. The molecule has 1 amide bonds. The molecule has 8 heteroatoms. The van der Waals surface area contributed by atoms with Crippen molar-refractivity contribution in [3.63, 3.8) is 0 Å². The van der Waals surface area contributed by atoms with Gasteiger partial charge in [0.25, 0.3) is 5.91 Å². The number of aryl methyl sites for hydroxylation is 1. The maximum atomic E-state index is 13.3. The quantitative estimate of drug-likeness (QED) is 0.610. The lowest BCUT2D eigenvalue weighted by atomic mass is 10.1. The van der Waals surface area contributed by atoms with Crippen molar-refractivity contribution in [2.24, 2.45) is 0 Å². The Labute approximate surface area is 147 Å². The van der Waals surface area contributed by atoms with Crippen LogP contribution in [0.2, 0.25) is 0 Å². The highest BCUT2D eigenvalue weighted by Gasteiger charge is 2.22. The normalized spacial score (nSPS) is 11.1. The Morgan fingerprint density at radius 1 is 1.40 bits per heavy atom. The van der Waals surface area contributed by atoms with Gasteiger partial charge in [0.2, 0.25) is 0 Å². The number of rotatable bonds is 5. The van der Waals surface area contributed by atoms with Crippen molar-refractivity contribution < 1.29 is 19.4 Å². The molecule has 0 unspecified atom stereocenters. The molecule has 0 atom stereocenters. The third kappa shape index (κ3) is 3.60. The fraction of sp³-hybridized carbons (Fsp3) is 0.176. The molecule has 2 heterocycles. The van der Waals surface area contributed by atoms with E-state index in [1.807, 2.05) is 6.92 Å². The number of halogens is 1. The number of aromatic nitrogens is 2. The van der Waals surface area contributed by atoms with E-state index in [0.29, 0.717) is 17.8 Å². The van der Waals surface area contributed by atoms with Crippen LogP contribution in [0.4, 0.5) is 9.39 Å². The van der Waals surface area contributed by atoms with Crippen LogP contribution in [0.5, 0.6) is 0 Å². The van der Waals surface area contributed by atoms with Crippen LogP contribution in [0.1, 0.15) is 29.1 Å². The number of thiophene rings is 1. The third-order valence-electron chi connectivity index (χ3n) is 3.64. The number of nitrogens with one attached hydrogen (secondary N) is 1. The number of nitrogens with zero attached hydrogens (tertiary/aromatic N) is 2. The largest absolute Gasteiger partial charge is 0.364 e. The second-order valence-corrected chi connectivity index (χ2v) is 6.17. The van der Waals surface area contributed by atoms with Gasteiger partial charge in [-0.25, -0.2) is 4.39 Å². The Morgan fingerprint density at radius 2 is 2.20 bits per heavy atom. The van der Waals surface area contributed by atoms with Crippen LogP contribution in [0, 0.1) is 5.82 Å². The summed E-state index contributed by atoms with van der Waals surface area (Å²) < 4.78 is 15.0. The Balaban J connectivity index is 1.93. The van der Waals surface area contributed by atoms with Gasteiger partial charge in [-0.15, -0.1) is 11.3 Å². The summed E-state index contributed by atoms with van der Waals surface area (Å²) >= 11 is 1.15. The van der Waals surface area contributed by atoms with Crippen molar-refractivity contribution in [1.82, 2.24) is 9.78 Å². The van der Waals surface area contributed by atoms with Gasteiger partial charge in [0.15, 0.2) is 6.29 Å². The summed E-state index contributed by atoms with van der Waals surface area (Å²) in [7, 11) is 0. The number of hydrogen-bond acceptors (Lipinski definition) is 5. The van der Waals surface area contributed by atoms with Gasteiger partial charge < -0.3 is 15.5 Å². The van der Waals surface area contributed by atoms with Crippen molar-refractivity contribution in [2.75, 3.05) is 5.32 Å². The zero-order chi connectivity index (χ0) is 18.0. The van der Waals surface area contributed by atoms with E-state index in [1.54, 1.807) is 22.3 Å². The van der Waals surface area contributed by atoms with Crippen LogP contribution < -0.4 is 5.32 Å². The highest BCUT2D eigenvalue weighted by Crippen LogP contribution is 2.38. The number of aliphatic hydroxyl groups excluding tert-OH is 1. The van der Waals surface area contributed by atoms with Crippen LogP contribution in [0.25, 0.3) is 11.3 Å². The number of aliphatic hydroxyl groups is 2. The number of carbonyl (C=O) groups is 1. The van der Waals surface area contributed by atoms with E-state index in [0.717, 1.165) is 17.4 Å². The molecule has 0 spiro atoms. The van der Waals surface area contributed by atoms with Gasteiger partial charge in [-0.2, -0.15) is 5.10 Å². The minimum atomic E-state index is -1.78. The molecule has 1 aromatic carbocycles. The second-order valence-electron chi connectivity index (χ2n) is 5.29. The Morgan fingerprint density at radius 3 is 2.84 bits per heavy atom. The van der Waals surface area contributed by atoms with E-state index in [2.05, 4.69) is 10.4 Å². The van der Waals surface area contributed by atoms with E-state index in [-0.39, 0.29) is 16.1 Å². The van der Waals surface area contributed by atoms with Crippen molar-refractivity contribution in [2.45, 2.75) is 19.8 Å². The lowest BCUT2D eigenvalue weighted by molar-refractivity contribution is -0.0412. The lowest BCUT2D eigenvalue weighted by Crippen LogP contribution is -2.13. The molecule has 3 rings (SSSR count). The van der Waals surface area contributed by atoms with Crippen LogP contribution in [-0.2, 0) is 6.54 Å². The van der Waals surface area contributed by atoms with Crippen LogP contribution in [0.15, 0.2) is 41.9 Å². The van der Waals surface area contributed by atoms with Gasteiger partial charge in [0, 0.05) is 29.2 Å². The lowest BCUT2D eigenvalue weighted by Gasteiger charge is -2.10. The van der Waals surface area contributed by atoms with Gasteiger partial charge in [0.1, 0.15) is 10.8 Å². The summed E-state index contributed by atoms with van der Waals surface area (Å²) in [6, 6.07) is 7.03. The van der Waals surface area contributed by atoms with Gasteiger partial charge >= 0.3 is 0 Å². The smallest absolute Gasteiger partial charge is 0.256 e. The summed E-state index contributed by atoms with van der Waals surface area (Å²) in [5.74, 6) is -1.05. The highest BCUT2D eigenvalue weighted by atomic mass is 32.1. The van der Waals surface area contributed by atoms with E-state index < -0.39 is 18.0 Å². The van der Waals surface area contributed by atoms with Crippen LogP contribution >= 0.6 is 11.3 Å². The highest BCUT2D eigenvalue weighted by molar-refractivity contribution is 7.15. The molecule has 0 fully saturated rings. The Bertz CT molecular complexity index is 904. The number of carbonyl (C=O) groups excluding carboxylic acids is 1. The monoisotopic (exact) mass is 361 g/mol. The topological polar surface area (TPSA) is 87.4 Å². The van der Waals surface area contributed by atoms with Gasteiger partial charge in [-0.3, -0.25) is 9.48 Å². The molecule has 0 bridgehead atoms. The number of benzene rings is 1. The predicted octanol–water partition coefficient (Wildman–Crippen LogP) is 3.01. The SMILES string of the molecule is CCn1ccc(-c2csc(NC(=O)c3cccc(F)c3)c2C(O)O)n1. The average molecular weight is 361 g/mol. The first kappa shape index (κ1) is 17.3. The summed E-state index contributed by atoms with van der Waals surface area (Å²) in [5, 5.41) is 28.4. The average Bonchev–Trinajstić information content (AvgIpc) is 3.21. The number of anilines is 1. The first-order valence-corrected chi connectivity index (χ1v) is 8.45. The summed E-state index contributed by atoms with van der Waals surface area (Å²) in [5.41, 5.74) is 1.41. The summed E-state index contributed by atoms with van der Waals surface area (Å²) in [6.07, 6.45) is 0.00164. The molecular weight excluding hydrogens is 345 g/mol. The Kier molecular flexibility index (Phi) is 4.93. The van der Waals surface area contributed by atoms with Crippen LogP contribution in [0.3, 0.4) is 0 Å². The zero-order valence-corrected chi connectivity index (χ0v) is 14.1. The minimum Gasteiger partial charge on any atom is -0.364 e. The predicted molar refractivity (Wildman–Crippen MR) is 92.7 cm³/mol. The van der Waals surface area contributed by atoms with Gasteiger partial charge in [-0.05, 0) is 31.2 Å². The third-order valence-corrected chi connectivity index (χ3v) is 4.55. The van der Waals surface area contributed by atoms with Crippen molar-refractivity contribution in [3.05, 3.63) is 58.9 Å². The van der Waals surface area contributed by atoms with Gasteiger partial charge in [-0.1, -0.05) is 6.07 Å². The molecule has 2 aromatic heterocycles. The van der Waals surface area contributed by atoms with E-state index in [9.17, 15) is 19.4 Å². The van der Waals surface area contributed by atoms with E-state index in [1.165, 1.54) is 18.2 Å². The fourth-order valence-electron chi connectivity index (χ4n) is 2.41. The molecular formula is C17H16FN3O3S. The van der Waals surface area contributed by atoms with Gasteiger partial charge in [0.05, 0.1) is 11.3 Å². The number of hydrogen-bond donors (Lipinski definition) is 3. The zero-order valence-electron chi connectivity index (χ0n) is 13.3. The van der Waals surface area contributed by atoms with E-state index in [4.69, 9.17) is 0 Å². The summed E-state index contributed by atoms with van der Waals surface area (Å²) in [6.45, 7) is 2.63. The maximum absolute atomic E-state index is 13.3. The van der Waals surface area contributed by atoms with Crippen LogP contribution in [-0.4, -0.2) is 25.9 Å². The standard InChI is InChI=1S/C17H16FN3O3S/c1-2-21-7-6-13(20-21)12-9-25-16(14(12)17(23)24)19-15(22)10-4-3-5-11(18)8-10/h3-9,17,23-24H,2H2,1H3,(H,19,22).